The second-order valence-corrected chi connectivity index (χ2v) is 8.44. The van der Waals surface area contributed by atoms with Crippen LogP contribution in [0.1, 0.15) is 35.2 Å². The fourth-order valence-corrected chi connectivity index (χ4v) is 4.47. The number of hydrogen-bond acceptors (Lipinski definition) is 4. The van der Waals surface area contributed by atoms with Crippen molar-refractivity contribution in [2.75, 3.05) is 6.61 Å². The van der Waals surface area contributed by atoms with Gasteiger partial charge in [0, 0.05) is 23.0 Å². The first kappa shape index (κ1) is 23.0. The predicted molar refractivity (Wildman–Crippen MR) is 131 cm³/mol. The number of carbonyl (C=O) groups is 2. The van der Waals surface area contributed by atoms with E-state index in [2.05, 4.69) is 36.3 Å². The number of hydrogen-bond donors (Lipinski definition) is 2. The standard InChI is InChI=1S/C27H28N4O3/c1-6-12-34-26(32)23-19(5)28-27(33)29-24(23)21-15-31(20-10-8-7-9-11-20)30-25(21)22-17(3)13-16(2)14-18(22)4/h6-11,13-15,24H,1,12H2,2-5H3,(H2,28,29,33)/t24-/m1/s1. The number of benzene rings is 2. The molecule has 174 valence electrons. The molecule has 0 spiro atoms. The Hall–Kier alpha value is -4.13. The van der Waals surface area contributed by atoms with Gasteiger partial charge in [0.05, 0.1) is 23.0 Å². The lowest BCUT2D eigenvalue weighted by Crippen LogP contribution is -2.45. The Balaban J connectivity index is 1.95. The number of aromatic nitrogens is 2. The second-order valence-electron chi connectivity index (χ2n) is 8.44. The summed E-state index contributed by atoms with van der Waals surface area (Å²) < 4.78 is 7.13. The van der Waals surface area contributed by atoms with Crippen molar-refractivity contribution in [2.45, 2.75) is 33.7 Å². The highest BCUT2D eigenvalue weighted by molar-refractivity contribution is 5.95. The zero-order chi connectivity index (χ0) is 24.4. The summed E-state index contributed by atoms with van der Waals surface area (Å²) in [7, 11) is 0. The summed E-state index contributed by atoms with van der Waals surface area (Å²) in [6.07, 6.45) is 3.38. The molecule has 7 nitrogen and oxygen atoms in total. The fraction of sp³-hybridized carbons (Fsp3) is 0.222. The lowest BCUT2D eigenvalue weighted by molar-refractivity contribution is -0.138. The SMILES string of the molecule is C=CCOC(=O)C1=C(C)NC(=O)N[C@@H]1c1cn(-c2ccccc2)nc1-c1c(C)cc(C)cc1C. The lowest BCUT2D eigenvalue weighted by atomic mass is 9.90. The monoisotopic (exact) mass is 456 g/mol. The van der Waals surface area contributed by atoms with E-state index in [-0.39, 0.29) is 6.61 Å². The van der Waals surface area contributed by atoms with Crippen LogP contribution in [0.2, 0.25) is 0 Å². The van der Waals surface area contributed by atoms with E-state index < -0.39 is 18.0 Å². The average Bonchev–Trinajstić information content (AvgIpc) is 3.21. The number of carbonyl (C=O) groups excluding carboxylic acids is 2. The summed E-state index contributed by atoms with van der Waals surface area (Å²) >= 11 is 0. The van der Waals surface area contributed by atoms with Gasteiger partial charge in [-0.25, -0.2) is 14.3 Å². The number of nitrogens with one attached hydrogen (secondary N) is 2. The molecule has 0 radical (unpaired) electrons. The Morgan fingerprint density at radius 1 is 1.15 bits per heavy atom. The molecule has 34 heavy (non-hydrogen) atoms. The van der Waals surface area contributed by atoms with Crippen molar-refractivity contribution in [2.24, 2.45) is 0 Å². The molecule has 1 aliphatic rings. The third kappa shape index (κ3) is 4.37. The third-order valence-electron chi connectivity index (χ3n) is 5.81. The molecule has 1 aliphatic heterocycles. The first-order chi connectivity index (χ1) is 16.3. The summed E-state index contributed by atoms with van der Waals surface area (Å²) in [5, 5.41) is 10.5. The topological polar surface area (TPSA) is 85.2 Å². The summed E-state index contributed by atoms with van der Waals surface area (Å²) in [4.78, 5) is 25.5. The molecular formula is C27H28N4O3. The van der Waals surface area contributed by atoms with Crippen LogP contribution in [-0.4, -0.2) is 28.4 Å². The minimum atomic E-state index is -0.737. The van der Waals surface area contributed by atoms with E-state index in [0.717, 1.165) is 27.9 Å². The zero-order valence-electron chi connectivity index (χ0n) is 19.8. The summed E-state index contributed by atoms with van der Waals surface area (Å²) in [6.45, 7) is 11.5. The molecule has 2 aromatic carbocycles. The summed E-state index contributed by atoms with van der Waals surface area (Å²) in [6, 6.07) is 12.8. The summed E-state index contributed by atoms with van der Waals surface area (Å²) in [5.74, 6) is -0.523. The number of amides is 2. The Labute approximate surface area is 199 Å². The number of urea groups is 1. The van der Waals surface area contributed by atoms with E-state index in [4.69, 9.17) is 9.84 Å². The first-order valence-electron chi connectivity index (χ1n) is 11.1. The Bertz CT molecular complexity index is 1280. The van der Waals surface area contributed by atoms with Crippen LogP contribution >= 0.6 is 0 Å². The van der Waals surface area contributed by atoms with Crippen LogP contribution in [0.3, 0.4) is 0 Å². The molecule has 0 unspecified atom stereocenters. The van der Waals surface area contributed by atoms with Gasteiger partial charge in [-0.3, -0.25) is 0 Å². The van der Waals surface area contributed by atoms with Crippen LogP contribution < -0.4 is 10.6 Å². The molecule has 3 aromatic rings. The van der Waals surface area contributed by atoms with Gasteiger partial charge < -0.3 is 15.4 Å². The highest BCUT2D eigenvalue weighted by atomic mass is 16.5. The van der Waals surface area contributed by atoms with E-state index in [1.807, 2.05) is 50.4 Å². The molecule has 0 saturated carbocycles. The van der Waals surface area contributed by atoms with Crippen LogP contribution in [0.25, 0.3) is 16.9 Å². The normalized spacial score (nSPS) is 15.5. The number of allylic oxidation sites excluding steroid dienone is 1. The number of para-hydroxylation sites is 1. The van der Waals surface area contributed by atoms with Gasteiger partial charge in [0.15, 0.2) is 0 Å². The van der Waals surface area contributed by atoms with Crippen molar-refractivity contribution in [1.82, 2.24) is 20.4 Å². The maximum atomic E-state index is 13.0. The van der Waals surface area contributed by atoms with Gasteiger partial charge in [-0.05, 0) is 51.0 Å². The van der Waals surface area contributed by atoms with Crippen molar-refractivity contribution in [1.29, 1.82) is 0 Å². The van der Waals surface area contributed by atoms with Crippen LogP contribution in [0.15, 0.2) is 72.6 Å². The Morgan fingerprint density at radius 2 is 1.82 bits per heavy atom. The van der Waals surface area contributed by atoms with Crippen molar-refractivity contribution < 1.29 is 14.3 Å². The van der Waals surface area contributed by atoms with Gasteiger partial charge in [0.25, 0.3) is 0 Å². The highest BCUT2D eigenvalue weighted by Crippen LogP contribution is 2.37. The number of ether oxygens (including phenoxy) is 1. The number of esters is 1. The second kappa shape index (κ2) is 9.39. The van der Waals surface area contributed by atoms with Gasteiger partial charge in [-0.2, -0.15) is 5.10 Å². The number of rotatable bonds is 6. The molecule has 2 N–H and O–H groups in total. The molecule has 0 saturated heterocycles. The van der Waals surface area contributed by atoms with E-state index in [1.165, 1.54) is 6.08 Å². The molecule has 2 heterocycles. The quantitative estimate of drug-likeness (QED) is 0.411. The fourth-order valence-electron chi connectivity index (χ4n) is 4.47. The molecule has 0 fully saturated rings. The maximum Gasteiger partial charge on any atom is 0.338 e. The molecule has 2 amide bonds. The van der Waals surface area contributed by atoms with Gasteiger partial charge in [-0.1, -0.05) is 48.6 Å². The molecule has 7 heteroatoms. The van der Waals surface area contributed by atoms with Crippen LogP contribution in [0, 0.1) is 20.8 Å². The molecule has 0 bridgehead atoms. The van der Waals surface area contributed by atoms with Gasteiger partial charge >= 0.3 is 12.0 Å². The van der Waals surface area contributed by atoms with E-state index in [0.29, 0.717) is 22.5 Å². The van der Waals surface area contributed by atoms with Crippen molar-refractivity contribution in [3.63, 3.8) is 0 Å². The van der Waals surface area contributed by atoms with E-state index >= 15 is 0 Å². The molecule has 1 atom stereocenters. The number of aryl methyl sites for hydroxylation is 3. The smallest absolute Gasteiger partial charge is 0.338 e. The van der Waals surface area contributed by atoms with Crippen LogP contribution in [0.4, 0.5) is 4.79 Å². The van der Waals surface area contributed by atoms with Crippen molar-refractivity contribution >= 4 is 12.0 Å². The predicted octanol–water partition coefficient (Wildman–Crippen LogP) is 4.82. The highest BCUT2D eigenvalue weighted by Gasteiger charge is 2.35. The Morgan fingerprint density at radius 3 is 2.47 bits per heavy atom. The third-order valence-corrected chi connectivity index (χ3v) is 5.81. The Kier molecular flexibility index (Phi) is 6.36. The first-order valence-corrected chi connectivity index (χ1v) is 11.1. The van der Waals surface area contributed by atoms with Gasteiger partial charge in [0.2, 0.25) is 0 Å². The van der Waals surface area contributed by atoms with Crippen LogP contribution in [0.5, 0.6) is 0 Å². The van der Waals surface area contributed by atoms with Gasteiger partial charge in [0.1, 0.15) is 6.61 Å². The van der Waals surface area contributed by atoms with Gasteiger partial charge in [-0.15, -0.1) is 0 Å². The molecule has 0 aliphatic carbocycles. The van der Waals surface area contributed by atoms with E-state index in [1.54, 1.807) is 11.6 Å². The largest absolute Gasteiger partial charge is 0.458 e. The van der Waals surface area contributed by atoms with E-state index in [9.17, 15) is 9.59 Å². The maximum absolute atomic E-state index is 13.0. The van der Waals surface area contributed by atoms with Crippen molar-refractivity contribution in [3.8, 4) is 16.9 Å². The zero-order valence-corrected chi connectivity index (χ0v) is 19.8. The number of nitrogens with zero attached hydrogens (tertiary/aromatic N) is 2. The molecule has 4 rings (SSSR count). The average molecular weight is 457 g/mol. The van der Waals surface area contributed by atoms with Crippen LogP contribution in [-0.2, 0) is 9.53 Å². The summed E-state index contributed by atoms with van der Waals surface area (Å²) in [5.41, 5.74) is 7.31. The minimum Gasteiger partial charge on any atom is -0.458 e. The lowest BCUT2D eigenvalue weighted by Gasteiger charge is -2.28. The molecular weight excluding hydrogens is 428 g/mol. The van der Waals surface area contributed by atoms with Crippen molar-refractivity contribution in [3.05, 3.63) is 94.8 Å². The molecule has 1 aromatic heterocycles. The minimum absolute atomic E-state index is 0.0720.